The van der Waals surface area contributed by atoms with Gasteiger partial charge in [-0.3, -0.25) is 18.5 Å². The highest BCUT2D eigenvalue weighted by Gasteiger charge is 2.61. The monoisotopic (exact) mass is 993 g/mol. The molecule has 2 aliphatic carbocycles. The van der Waals surface area contributed by atoms with Crippen molar-refractivity contribution in [1.29, 1.82) is 0 Å². The van der Waals surface area contributed by atoms with Crippen molar-refractivity contribution in [2.24, 2.45) is 5.92 Å². The summed E-state index contributed by atoms with van der Waals surface area (Å²) in [6.07, 6.45) is -7.04. The van der Waals surface area contributed by atoms with E-state index in [0.717, 1.165) is 43.8 Å². The number of nitrogens with one attached hydrogen (secondary N) is 1. The lowest BCUT2D eigenvalue weighted by Crippen LogP contribution is -2.36. The highest BCUT2D eigenvalue weighted by molar-refractivity contribution is 7.92. The van der Waals surface area contributed by atoms with E-state index in [-0.39, 0.29) is 43.2 Å². The fraction of sp³-hybridized carbons (Fsp3) is 0.366. The molecule has 1 N–H and O–H groups in total. The molecule has 0 aliphatic heterocycles. The number of fused-ring (bicyclic) bond motifs is 4. The first-order valence-electron chi connectivity index (χ1n) is 19.2. The van der Waals surface area contributed by atoms with Gasteiger partial charge in [0.2, 0.25) is 15.9 Å². The molecule has 0 saturated carbocycles. The summed E-state index contributed by atoms with van der Waals surface area (Å²) in [4.78, 5) is 18.6. The normalized spacial score (nSPS) is 17.5. The maximum Gasteiger partial charge on any atom is 0.435 e. The van der Waals surface area contributed by atoms with E-state index < -0.39 is 126 Å². The van der Waals surface area contributed by atoms with Gasteiger partial charge in [0, 0.05) is 42.0 Å². The molecule has 2 aromatic carbocycles. The van der Waals surface area contributed by atoms with Gasteiger partial charge in [0.25, 0.3) is 5.92 Å². The number of benzene rings is 2. The Morgan fingerprint density at radius 3 is 2.14 bits per heavy atom. The minimum Gasteiger partial charge on any atom is -0.346 e. The van der Waals surface area contributed by atoms with Crippen LogP contribution in [0.25, 0.3) is 22.0 Å². The highest BCUT2D eigenvalue weighted by Crippen LogP contribution is 2.60. The van der Waals surface area contributed by atoms with Crippen molar-refractivity contribution in [2.45, 2.75) is 68.3 Å². The molecule has 3 heterocycles. The Kier molecular flexibility index (Phi) is 11.9. The second-order valence-corrected chi connectivity index (χ2v) is 21.2. The van der Waals surface area contributed by atoms with Gasteiger partial charge in [-0.05, 0) is 62.1 Å². The summed E-state index contributed by atoms with van der Waals surface area (Å²) in [5.74, 6) is -5.85. The van der Waals surface area contributed by atoms with Crippen LogP contribution in [-0.2, 0) is 56.3 Å². The van der Waals surface area contributed by atoms with Crippen LogP contribution >= 0.6 is 11.6 Å². The lowest BCUT2D eigenvalue weighted by Gasteiger charge is -2.27. The number of nitrogens with zero attached hydrogens (tertiary/aromatic N) is 6. The molecule has 0 fully saturated rings. The SMILES string of the molecule is CN(c1nn(CC(F)(F)F)c2c(-c3ccc(C#CC(C)(C)S(C)(=O)=O)nc3[C@H](Cc3cc(F)cc(F)c3)NC(=O)Cn3nc(C(F)(F)F)c4c3C(F)(F)[C@@H]3C=C[C@H]43)ccc(Cl)c12)S(C)(=O)=O. The number of rotatable bonds is 11. The number of sulfonamides is 1. The van der Waals surface area contributed by atoms with Crippen molar-refractivity contribution in [3.8, 4) is 23.0 Å². The second-order valence-electron chi connectivity index (χ2n) is 16.2. The number of allylic oxidation sites excluding steroid dienone is 2. The summed E-state index contributed by atoms with van der Waals surface area (Å²) in [6, 6.07) is 5.27. The summed E-state index contributed by atoms with van der Waals surface area (Å²) in [6.45, 7) is -0.570. The third kappa shape index (κ3) is 9.08. The molecule has 0 saturated heterocycles. The van der Waals surface area contributed by atoms with Gasteiger partial charge in [-0.1, -0.05) is 35.7 Å². The number of halogens is 11. The minimum absolute atomic E-state index is 0.197. The molecule has 7 rings (SSSR count). The Morgan fingerprint density at radius 1 is 0.939 bits per heavy atom. The molecule has 1 amide bonds. The van der Waals surface area contributed by atoms with Gasteiger partial charge in [-0.25, -0.2) is 30.6 Å². The fourth-order valence-corrected chi connectivity index (χ4v) is 8.54. The van der Waals surface area contributed by atoms with Gasteiger partial charge in [0.05, 0.1) is 39.8 Å². The van der Waals surface area contributed by atoms with Crippen LogP contribution in [0.2, 0.25) is 5.02 Å². The molecule has 0 spiro atoms. The van der Waals surface area contributed by atoms with Crippen LogP contribution < -0.4 is 9.62 Å². The van der Waals surface area contributed by atoms with Crippen LogP contribution in [-0.4, -0.2) is 77.8 Å². The molecule has 5 aromatic rings. The molecule has 3 atom stereocenters. The van der Waals surface area contributed by atoms with Crippen molar-refractivity contribution < 1.29 is 65.5 Å². The Balaban J connectivity index is 1.47. The van der Waals surface area contributed by atoms with Gasteiger partial charge in [0.15, 0.2) is 21.3 Å². The van der Waals surface area contributed by atoms with Gasteiger partial charge < -0.3 is 5.32 Å². The van der Waals surface area contributed by atoms with Crippen LogP contribution in [0.5, 0.6) is 0 Å². The van der Waals surface area contributed by atoms with E-state index in [9.17, 15) is 56.8 Å². The van der Waals surface area contributed by atoms with Crippen molar-refractivity contribution >= 4 is 54.1 Å². The number of sulfone groups is 1. The first kappa shape index (κ1) is 48.3. The zero-order chi connectivity index (χ0) is 48.9. The predicted octanol–water partition coefficient (Wildman–Crippen LogP) is 7.85. The van der Waals surface area contributed by atoms with Crippen molar-refractivity contribution in [1.82, 2.24) is 29.9 Å². The molecule has 0 radical (unpaired) electrons. The van der Waals surface area contributed by atoms with E-state index in [1.54, 1.807) is 0 Å². The first-order chi connectivity index (χ1) is 30.3. The predicted molar refractivity (Wildman–Crippen MR) is 221 cm³/mol. The standard InChI is InChI=1S/C41H34ClF10N7O5S2/c1-38(2,65(4,61)62)13-12-23-6-7-24(25-9-11-28(42)32-34(25)59(19-39(45,46)47)56-37(32)57(3)66(5,63)64)33(53-23)29(16-20-14-21(43)17-22(44)15-20)54-30(60)18-58-36-31(35(55-58)41(50,51)52)26-8-10-27(26)40(36,48)49/h6-11,14-15,17,26-27,29H,16,18-19H2,1-5H3,(H,54,60)/t26-,27+,29-/m0/s1. The largest absolute Gasteiger partial charge is 0.435 e. The Morgan fingerprint density at radius 2 is 1.58 bits per heavy atom. The van der Waals surface area contributed by atoms with E-state index in [1.807, 2.05) is 0 Å². The number of carbonyl (C=O) groups is 1. The van der Waals surface area contributed by atoms with Crippen molar-refractivity contribution in [2.75, 3.05) is 23.9 Å². The van der Waals surface area contributed by atoms with Crippen LogP contribution in [0.15, 0.2) is 54.6 Å². The summed E-state index contributed by atoms with van der Waals surface area (Å²) in [5.41, 5.74) is -5.33. The van der Waals surface area contributed by atoms with Crippen LogP contribution in [0, 0.1) is 29.4 Å². The molecule has 25 heteroatoms. The molecule has 0 bridgehead atoms. The summed E-state index contributed by atoms with van der Waals surface area (Å²) < 4.78 is 196. The summed E-state index contributed by atoms with van der Waals surface area (Å²) in [5, 5.41) is 9.20. The number of amides is 1. The second kappa shape index (κ2) is 16.3. The third-order valence-corrected chi connectivity index (χ3v) is 14.6. The average molecular weight is 994 g/mol. The number of hydrogen-bond donors (Lipinski definition) is 1. The highest BCUT2D eigenvalue weighted by atomic mass is 35.5. The Hall–Kier alpha value is -5.67. The molecule has 352 valence electrons. The molecule has 0 unspecified atom stereocenters. The van der Waals surface area contributed by atoms with Crippen LogP contribution in [0.3, 0.4) is 0 Å². The van der Waals surface area contributed by atoms with E-state index in [0.29, 0.717) is 15.1 Å². The van der Waals surface area contributed by atoms with Gasteiger partial charge in [-0.15, -0.1) is 0 Å². The summed E-state index contributed by atoms with van der Waals surface area (Å²) >= 11 is 6.54. The number of aromatic nitrogens is 5. The number of anilines is 1. The Labute approximate surface area is 374 Å². The van der Waals surface area contributed by atoms with E-state index in [2.05, 4.69) is 32.3 Å². The molecule has 12 nitrogen and oxygen atoms in total. The van der Waals surface area contributed by atoms with Crippen LogP contribution in [0.4, 0.5) is 49.7 Å². The van der Waals surface area contributed by atoms with Gasteiger partial charge >= 0.3 is 12.4 Å². The number of pyridine rings is 1. The Bertz CT molecular complexity index is 3140. The lowest BCUT2D eigenvalue weighted by atomic mass is 9.81. The smallest absolute Gasteiger partial charge is 0.346 e. The average Bonchev–Trinajstić information content (AvgIpc) is 3.75. The maximum absolute atomic E-state index is 15.7. The zero-order valence-electron chi connectivity index (χ0n) is 34.7. The van der Waals surface area contributed by atoms with E-state index in [1.165, 1.54) is 38.1 Å². The van der Waals surface area contributed by atoms with Gasteiger partial charge in [-0.2, -0.15) is 45.3 Å². The quantitative estimate of drug-likeness (QED) is 0.0800. The van der Waals surface area contributed by atoms with Crippen LogP contribution in [0.1, 0.15) is 59.7 Å². The topological polar surface area (TPSA) is 149 Å². The minimum atomic E-state index is -5.23. The van der Waals surface area contributed by atoms with Gasteiger partial charge in [0.1, 0.15) is 40.9 Å². The lowest BCUT2D eigenvalue weighted by molar-refractivity contribution is -0.143. The third-order valence-electron chi connectivity index (χ3n) is 11.1. The fourth-order valence-electron chi connectivity index (χ4n) is 7.62. The van der Waals surface area contributed by atoms with Crippen molar-refractivity contribution in [3.05, 3.63) is 105 Å². The first-order valence-corrected chi connectivity index (χ1v) is 23.3. The summed E-state index contributed by atoms with van der Waals surface area (Å²) in [7, 11) is -7.07. The number of alkyl halides is 8. The molecule has 2 aliphatic rings. The molecular weight excluding hydrogens is 960 g/mol. The van der Waals surface area contributed by atoms with E-state index in [4.69, 9.17) is 11.6 Å². The molecular formula is C41H34ClF10N7O5S2. The zero-order valence-corrected chi connectivity index (χ0v) is 37.1. The van der Waals surface area contributed by atoms with E-state index >= 15 is 8.78 Å². The maximum atomic E-state index is 15.7. The van der Waals surface area contributed by atoms with Crippen molar-refractivity contribution in [3.63, 3.8) is 0 Å². The molecule has 66 heavy (non-hydrogen) atoms. The molecule has 3 aromatic heterocycles. The number of hydrogen-bond acceptors (Lipinski definition) is 8. The number of carbonyl (C=O) groups excluding carboxylic acids is 1.